The zero-order valence-electron chi connectivity index (χ0n) is 15.7. The van der Waals surface area contributed by atoms with Gasteiger partial charge in [-0.25, -0.2) is 10.4 Å². The van der Waals surface area contributed by atoms with E-state index in [4.69, 9.17) is 11.6 Å². The molecule has 31 heavy (non-hydrogen) atoms. The van der Waals surface area contributed by atoms with Crippen molar-refractivity contribution in [2.75, 3.05) is 23.2 Å². The Balaban J connectivity index is 1.72. The van der Waals surface area contributed by atoms with E-state index in [-0.39, 0.29) is 11.7 Å². The Hall–Kier alpha value is -1.95. The number of benzene rings is 1. The lowest BCUT2D eigenvalue weighted by atomic mass is 10.1. The lowest BCUT2D eigenvalue weighted by Gasteiger charge is -2.25. The number of nitrogens with one attached hydrogen (secondary N) is 1. The third-order valence-corrected chi connectivity index (χ3v) is 6.18. The number of rotatable bonds is 4. The fourth-order valence-corrected chi connectivity index (χ4v) is 4.77. The van der Waals surface area contributed by atoms with E-state index in [1.807, 2.05) is 0 Å². The molecule has 0 spiro atoms. The van der Waals surface area contributed by atoms with Crippen LogP contribution in [-0.4, -0.2) is 46.4 Å². The minimum absolute atomic E-state index is 0.117. The topological polar surface area (TPSA) is 57.7 Å². The van der Waals surface area contributed by atoms with Crippen molar-refractivity contribution in [3.63, 3.8) is 0 Å². The minimum Gasteiger partial charge on any atom is -0.406 e. The molecule has 12 heteroatoms. The number of amides is 1. The maximum atomic E-state index is 12.9. The van der Waals surface area contributed by atoms with Gasteiger partial charge in [-0.15, -0.1) is 24.9 Å². The van der Waals surface area contributed by atoms with E-state index in [1.54, 1.807) is 45.9 Å². The van der Waals surface area contributed by atoms with Crippen LogP contribution in [0.3, 0.4) is 0 Å². The van der Waals surface area contributed by atoms with Crippen molar-refractivity contribution in [3.8, 4) is 5.75 Å². The number of hydrazine groups is 1. The number of nitrogens with zero attached hydrogens (tertiary/aromatic N) is 3. The Morgan fingerprint density at radius 2 is 2.13 bits per heavy atom. The van der Waals surface area contributed by atoms with Crippen molar-refractivity contribution in [3.05, 3.63) is 57.8 Å². The monoisotopic (exact) mass is 534 g/mol. The van der Waals surface area contributed by atoms with Crippen molar-refractivity contribution in [1.29, 1.82) is 0 Å². The second-order valence-electron chi connectivity index (χ2n) is 6.70. The van der Waals surface area contributed by atoms with Gasteiger partial charge < -0.3 is 9.64 Å². The molecular formula is C19H15BrClF3N4O2S. The molecule has 6 nitrogen and oxygen atoms in total. The van der Waals surface area contributed by atoms with Gasteiger partial charge >= 0.3 is 6.36 Å². The molecule has 1 N–H and O–H groups in total. The van der Waals surface area contributed by atoms with Crippen molar-refractivity contribution >= 4 is 56.6 Å². The van der Waals surface area contributed by atoms with E-state index < -0.39 is 12.4 Å². The maximum Gasteiger partial charge on any atom is 0.573 e. The third-order valence-electron chi connectivity index (χ3n) is 4.53. The smallest absolute Gasteiger partial charge is 0.406 e. The SMILES string of the molecule is O=C(C1C=C(c2cc(Br)cc(OC(F)(F)F)c2)N(c2ccc(Cl)nc2)N1)N1CCSC1. The quantitative estimate of drug-likeness (QED) is 0.575. The Kier molecular flexibility index (Phi) is 6.38. The molecule has 1 atom stereocenters. The molecule has 3 heterocycles. The Labute approximate surface area is 193 Å². The second kappa shape index (κ2) is 8.89. The van der Waals surface area contributed by atoms with Gasteiger partial charge in [-0.05, 0) is 36.4 Å². The highest BCUT2D eigenvalue weighted by molar-refractivity contribution is 9.10. The Morgan fingerprint density at radius 3 is 2.77 bits per heavy atom. The van der Waals surface area contributed by atoms with E-state index in [0.717, 1.165) is 5.75 Å². The number of aromatic nitrogens is 1. The molecule has 1 saturated heterocycles. The van der Waals surface area contributed by atoms with Gasteiger partial charge in [-0.3, -0.25) is 9.80 Å². The first-order valence-electron chi connectivity index (χ1n) is 9.02. The molecule has 2 aromatic rings. The summed E-state index contributed by atoms with van der Waals surface area (Å²) in [5.74, 6) is 0.971. The molecular weight excluding hydrogens is 521 g/mol. The Morgan fingerprint density at radius 1 is 1.32 bits per heavy atom. The summed E-state index contributed by atoms with van der Waals surface area (Å²) in [5, 5.41) is 1.90. The summed E-state index contributed by atoms with van der Waals surface area (Å²) in [5.41, 5.74) is 4.59. The first-order valence-corrected chi connectivity index (χ1v) is 11.3. The van der Waals surface area contributed by atoms with Gasteiger partial charge in [0, 0.05) is 22.3 Å². The second-order valence-corrected chi connectivity index (χ2v) is 9.07. The van der Waals surface area contributed by atoms with Crippen LogP contribution < -0.4 is 15.2 Å². The van der Waals surface area contributed by atoms with Crippen LogP contribution in [0.25, 0.3) is 5.70 Å². The highest BCUT2D eigenvalue weighted by Crippen LogP contribution is 2.35. The normalized spacial score (nSPS) is 19.0. The first kappa shape index (κ1) is 22.3. The van der Waals surface area contributed by atoms with Crippen molar-refractivity contribution < 1.29 is 22.7 Å². The average molecular weight is 536 g/mol. The molecule has 1 aromatic carbocycles. The number of halogens is 5. The van der Waals surface area contributed by atoms with E-state index in [0.29, 0.717) is 39.0 Å². The van der Waals surface area contributed by atoms with E-state index in [9.17, 15) is 18.0 Å². The molecule has 0 bridgehead atoms. The van der Waals surface area contributed by atoms with Gasteiger partial charge in [0.2, 0.25) is 5.91 Å². The van der Waals surface area contributed by atoms with Crippen molar-refractivity contribution in [2.24, 2.45) is 0 Å². The van der Waals surface area contributed by atoms with Gasteiger partial charge in [0.05, 0.1) is 23.5 Å². The molecule has 4 rings (SSSR count). The molecule has 0 aliphatic carbocycles. The number of hydrogen-bond donors (Lipinski definition) is 1. The van der Waals surface area contributed by atoms with Crippen LogP contribution in [0.15, 0.2) is 47.1 Å². The van der Waals surface area contributed by atoms with Crippen LogP contribution in [0, 0.1) is 0 Å². The number of ether oxygens (including phenoxy) is 1. The van der Waals surface area contributed by atoms with Gasteiger partial charge in [-0.1, -0.05) is 27.5 Å². The predicted octanol–water partition coefficient (Wildman–Crippen LogP) is 4.66. The van der Waals surface area contributed by atoms with Crippen molar-refractivity contribution in [2.45, 2.75) is 12.4 Å². The maximum absolute atomic E-state index is 12.9. The number of pyridine rings is 1. The molecule has 1 amide bonds. The van der Waals surface area contributed by atoms with E-state index in [2.05, 4.69) is 31.1 Å². The zero-order chi connectivity index (χ0) is 22.2. The highest BCUT2D eigenvalue weighted by atomic mass is 79.9. The fraction of sp³-hybridized carbons (Fsp3) is 0.263. The van der Waals surface area contributed by atoms with Crippen molar-refractivity contribution in [1.82, 2.24) is 15.3 Å². The van der Waals surface area contributed by atoms with Crippen LogP contribution in [0.2, 0.25) is 5.15 Å². The molecule has 0 radical (unpaired) electrons. The highest BCUT2D eigenvalue weighted by Gasteiger charge is 2.35. The summed E-state index contributed by atoms with van der Waals surface area (Å²) in [6.45, 7) is 0.647. The number of thioether (sulfide) groups is 1. The summed E-state index contributed by atoms with van der Waals surface area (Å²) < 4.78 is 42.7. The molecule has 0 saturated carbocycles. The number of alkyl halides is 3. The summed E-state index contributed by atoms with van der Waals surface area (Å²) in [6, 6.07) is 6.72. The van der Waals surface area contributed by atoms with Gasteiger partial charge in [-0.2, -0.15) is 0 Å². The molecule has 2 aliphatic rings. The lowest BCUT2D eigenvalue weighted by Crippen LogP contribution is -2.46. The Bertz CT molecular complexity index is 1020. The number of carbonyl (C=O) groups is 1. The number of hydrogen-bond acceptors (Lipinski definition) is 6. The summed E-state index contributed by atoms with van der Waals surface area (Å²) in [4.78, 5) is 18.7. The van der Waals surface area contributed by atoms with E-state index >= 15 is 0 Å². The number of carbonyl (C=O) groups excluding carboxylic acids is 1. The lowest BCUT2D eigenvalue weighted by molar-refractivity contribution is -0.274. The zero-order valence-corrected chi connectivity index (χ0v) is 18.9. The van der Waals surface area contributed by atoms with Gasteiger partial charge in [0.1, 0.15) is 16.9 Å². The number of anilines is 1. The van der Waals surface area contributed by atoms with Gasteiger partial charge in [0.15, 0.2) is 0 Å². The molecule has 164 valence electrons. The van der Waals surface area contributed by atoms with Gasteiger partial charge in [0.25, 0.3) is 0 Å². The summed E-state index contributed by atoms with van der Waals surface area (Å²) in [6.07, 6.45) is -1.64. The van der Waals surface area contributed by atoms with Crippen LogP contribution in [0.5, 0.6) is 5.75 Å². The fourth-order valence-electron chi connectivity index (χ4n) is 3.23. The van der Waals surface area contributed by atoms with Crippen LogP contribution in [0.1, 0.15) is 5.56 Å². The average Bonchev–Trinajstić information content (AvgIpc) is 3.37. The molecule has 1 unspecified atom stereocenters. The molecule has 1 aromatic heterocycles. The van der Waals surface area contributed by atoms with Crippen LogP contribution in [0.4, 0.5) is 18.9 Å². The summed E-state index contributed by atoms with van der Waals surface area (Å²) in [7, 11) is 0. The molecule has 1 fully saturated rings. The van der Waals surface area contributed by atoms with Crippen LogP contribution >= 0.6 is 39.3 Å². The third kappa shape index (κ3) is 5.28. The molecule has 2 aliphatic heterocycles. The minimum atomic E-state index is -4.83. The van der Waals surface area contributed by atoms with E-state index in [1.165, 1.54) is 18.3 Å². The van der Waals surface area contributed by atoms with Crippen LogP contribution in [-0.2, 0) is 4.79 Å². The standard InChI is InChI=1S/C19H15BrClF3N4O2S/c20-12-5-11(6-14(7-12)30-19(22,23)24)16-8-15(18(29)27-3-4-31-10-27)26-28(16)13-1-2-17(21)25-9-13/h1-2,5-9,15,26H,3-4,10H2. The summed E-state index contributed by atoms with van der Waals surface area (Å²) >= 11 is 10.8. The largest absolute Gasteiger partial charge is 0.573 e. The predicted molar refractivity (Wildman–Crippen MR) is 116 cm³/mol. The first-order chi connectivity index (χ1) is 14.7.